The third kappa shape index (κ3) is 2.43. The zero-order valence-electron chi connectivity index (χ0n) is 12.4. The first kappa shape index (κ1) is 14.5. The van der Waals surface area contributed by atoms with E-state index in [1.807, 2.05) is 6.92 Å². The number of carbonyl (C=O) groups is 1. The number of aryl methyl sites for hydroxylation is 1. The predicted molar refractivity (Wildman–Crippen MR) is 76.1 cm³/mol. The average Bonchev–Trinajstić information content (AvgIpc) is 2.86. The average molecular weight is 305 g/mol. The van der Waals surface area contributed by atoms with Crippen LogP contribution in [-0.4, -0.2) is 33.4 Å². The molecule has 22 heavy (non-hydrogen) atoms. The summed E-state index contributed by atoms with van der Waals surface area (Å²) in [4.78, 5) is 16.0. The molecule has 0 fully saturated rings. The maximum absolute atomic E-state index is 14.0. The van der Waals surface area contributed by atoms with Crippen LogP contribution in [0.2, 0.25) is 0 Å². The van der Waals surface area contributed by atoms with Crippen molar-refractivity contribution in [2.45, 2.75) is 32.9 Å². The molecule has 0 aromatic carbocycles. The molecule has 0 N–H and O–H groups in total. The first-order valence-corrected chi connectivity index (χ1v) is 7.16. The Labute approximate surface area is 126 Å². The Morgan fingerprint density at radius 3 is 3.14 bits per heavy atom. The number of aromatic nitrogens is 3. The molecule has 3 rings (SSSR count). The van der Waals surface area contributed by atoms with E-state index in [2.05, 4.69) is 10.1 Å². The minimum absolute atomic E-state index is 0.0347. The number of carbonyl (C=O) groups excluding carboxylic acids is 1. The Bertz CT molecular complexity index is 714. The van der Waals surface area contributed by atoms with E-state index >= 15 is 0 Å². The Morgan fingerprint density at radius 1 is 1.59 bits per heavy atom. The molecule has 0 saturated heterocycles. The minimum Gasteiger partial charge on any atom is -0.474 e. The fourth-order valence-corrected chi connectivity index (χ4v) is 2.41. The molecule has 0 amide bonds. The van der Waals surface area contributed by atoms with Crippen LogP contribution in [-0.2, 0) is 11.3 Å². The molecule has 1 aliphatic heterocycles. The molecular formula is C15H16FN3O3. The lowest BCUT2D eigenvalue weighted by molar-refractivity contribution is 0.0515. The van der Waals surface area contributed by atoms with Crippen LogP contribution in [0.5, 0.6) is 5.88 Å². The molecule has 1 atom stereocenters. The van der Waals surface area contributed by atoms with Crippen LogP contribution in [0.4, 0.5) is 4.39 Å². The third-order valence-corrected chi connectivity index (χ3v) is 3.47. The standard InChI is InChI=1S/C15H16FN3O3/c1-3-21-15(20)12-13(10-4-6-17-8-11(10)16)18-19-7-5-9(2)22-14(12)19/h4,6,8-9H,3,5,7H2,1-2H3/t9-/m1/s1. The van der Waals surface area contributed by atoms with Gasteiger partial charge in [0.1, 0.15) is 11.3 Å². The second-order valence-electron chi connectivity index (χ2n) is 5.05. The van der Waals surface area contributed by atoms with Crippen LogP contribution >= 0.6 is 0 Å². The van der Waals surface area contributed by atoms with Crippen molar-refractivity contribution in [3.05, 3.63) is 29.8 Å². The molecule has 0 radical (unpaired) electrons. The summed E-state index contributed by atoms with van der Waals surface area (Å²) in [6, 6.07) is 1.48. The van der Waals surface area contributed by atoms with Crippen molar-refractivity contribution in [1.82, 2.24) is 14.8 Å². The van der Waals surface area contributed by atoms with E-state index in [0.717, 1.165) is 12.6 Å². The number of hydrogen-bond donors (Lipinski definition) is 0. The molecule has 0 unspecified atom stereocenters. The first-order chi connectivity index (χ1) is 10.6. The molecular weight excluding hydrogens is 289 g/mol. The van der Waals surface area contributed by atoms with Crippen molar-refractivity contribution < 1.29 is 18.7 Å². The van der Waals surface area contributed by atoms with Crippen molar-refractivity contribution in [3.63, 3.8) is 0 Å². The second kappa shape index (κ2) is 5.75. The van der Waals surface area contributed by atoms with Crippen molar-refractivity contribution in [2.75, 3.05) is 6.61 Å². The number of rotatable bonds is 3. The van der Waals surface area contributed by atoms with E-state index in [0.29, 0.717) is 12.4 Å². The summed E-state index contributed by atoms with van der Waals surface area (Å²) in [7, 11) is 0. The highest BCUT2D eigenvalue weighted by Gasteiger charge is 2.31. The highest BCUT2D eigenvalue weighted by molar-refractivity contribution is 5.98. The monoisotopic (exact) mass is 305 g/mol. The van der Waals surface area contributed by atoms with Gasteiger partial charge in [-0.3, -0.25) is 4.98 Å². The smallest absolute Gasteiger partial charge is 0.345 e. The van der Waals surface area contributed by atoms with E-state index in [9.17, 15) is 9.18 Å². The molecule has 0 bridgehead atoms. The van der Waals surface area contributed by atoms with Gasteiger partial charge < -0.3 is 9.47 Å². The lowest BCUT2D eigenvalue weighted by Gasteiger charge is -2.21. The van der Waals surface area contributed by atoms with Crippen molar-refractivity contribution >= 4 is 5.97 Å². The van der Waals surface area contributed by atoms with Crippen molar-refractivity contribution in [2.24, 2.45) is 0 Å². The molecule has 3 heterocycles. The zero-order valence-corrected chi connectivity index (χ0v) is 12.4. The quantitative estimate of drug-likeness (QED) is 0.815. The lowest BCUT2D eigenvalue weighted by Crippen LogP contribution is -2.24. The first-order valence-electron chi connectivity index (χ1n) is 7.16. The SMILES string of the molecule is CCOC(=O)c1c(-c2ccncc2F)nn2c1O[C@H](C)CC2. The van der Waals surface area contributed by atoms with Crippen LogP contribution in [0.1, 0.15) is 30.6 Å². The van der Waals surface area contributed by atoms with Gasteiger partial charge in [0.05, 0.1) is 18.9 Å². The number of ether oxygens (including phenoxy) is 2. The molecule has 1 aliphatic rings. The summed E-state index contributed by atoms with van der Waals surface area (Å²) in [6.45, 7) is 4.45. The van der Waals surface area contributed by atoms with Crippen molar-refractivity contribution in [1.29, 1.82) is 0 Å². The number of halogens is 1. The molecule has 2 aromatic heterocycles. The van der Waals surface area contributed by atoms with E-state index in [1.54, 1.807) is 11.6 Å². The van der Waals surface area contributed by atoms with Gasteiger partial charge in [-0.1, -0.05) is 0 Å². The second-order valence-corrected chi connectivity index (χ2v) is 5.05. The molecule has 0 aliphatic carbocycles. The van der Waals surface area contributed by atoms with Crippen molar-refractivity contribution in [3.8, 4) is 17.1 Å². The van der Waals surface area contributed by atoms with E-state index < -0.39 is 11.8 Å². The van der Waals surface area contributed by atoms with Gasteiger partial charge in [-0.25, -0.2) is 13.9 Å². The summed E-state index contributed by atoms with van der Waals surface area (Å²) in [5.41, 5.74) is 0.595. The van der Waals surface area contributed by atoms with Crippen LogP contribution in [0.25, 0.3) is 11.3 Å². The molecule has 116 valence electrons. The molecule has 2 aromatic rings. The number of pyridine rings is 1. The Hall–Kier alpha value is -2.44. The van der Waals surface area contributed by atoms with Crippen LogP contribution in [0, 0.1) is 5.82 Å². The van der Waals surface area contributed by atoms with Gasteiger partial charge in [0.2, 0.25) is 5.88 Å². The largest absolute Gasteiger partial charge is 0.474 e. The Morgan fingerprint density at radius 2 is 2.41 bits per heavy atom. The fraction of sp³-hybridized carbons (Fsp3) is 0.400. The maximum atomic E-state index is 14.0. The Balaban J connectivity index is 2.17. The highest BCUT2D eigenvalue weighted by Crippen LogP contribution is 2.35. The summed E-state index contributed by atoms with van der Waals surface area (Å²) in [6.07, 6.45) is 3.28. The van der Waals surface area contributed by atoms with Crippen LogP contribution in [0.15, 0.2) is 18.5 Å². The van der Waals surface area contributed by atoms with E-state index in [-0.39, 0.29) is 29.5 Å². The van der Waals surface area contributed by atoms with Gasteiger partial charge in [-0.15, -0.1) is 0 Å². The van der Waals surface area contributed by atoms with Gasteiger partial charge in [-0.05, 0) is 19.9 Å². The fourth-order valence-electron chi connectivity index (χ4n) is 2.41. The topological polar surface area (TPSA) is 66.2 Å². The molecule has 0 saturated carbocycles. The minimum atomic E-state index is -0.566. The van der Waals surface area contributed by atoms with Crippen LogP contribution < -0.4 is 4.74 Å². The summed E-state index contributed by atoms with van der Waals surface area (Å²) < 4.78 is 26.4. The number of esters is 1. The molecule has 0 spiro atoms. The van der Waals surface area contributed by atoms with E-state index in [1.165, 1.54) is 12.3 Å². The zero-order chi connectivity index (χ0) is 15.7. The van der Waals surface area contributed by atoms with Gasteiger partial charge in [0.25, 0.3) is 0 Å². The number of fused-ring (bicyclic) bond motifs is 1. The maximum Gasteiger partial charge on any atom is 0.345 e. The number of nitrogens with zero attached hydrogens (tertiary/aromatic N) is 3. The third-order valence-electron chi connectivity index (χ3n) is 3.47. The molecule has 7 heteroatoms. The Kier molecular flexibility index (Phi) is 3.79. The summed E-state index contributed by atoms with van der Waals surface area (Å²) >= 11 is 0. The predicted octanol–water partition coefficient (Wildman–Crippen LogP) is 2.43. The van der Waals surface area contributed by atoms with Crippen LogP contribution in [0.3, 0.4) is 0 Å². The normalized spacial score (nSPS) is 16.8. The lowest BCUT2D eigenvalue weighted by atomic mass is 10.1. The highest BCUT2D eigenvalue weighted by atomic mass is 19.1. The van der Waals surface area contributed by atoms with Gasteiger partial charge in [-0.2, -0.15) is 5.10 Å². The van der Waals surface area contributed by atoms with Gasteiger partial charge in [0.15, 0.2) is 5.82 Å². The number of hydrogen-bond acceptors (Lipinski definition) is 5. The molecule has 6 nitrogen and oxygen atoms in total. The van der Waals surface area contributed by atoms with Gasteiger partial charge >= 0.3 is 5.97 Å². The van der Waals surface area contributed by atoms with E-state index in [4.69, 9.17) is 9.47 Å². The van der Waals surface area contributed by atoms with Gasteiger partial charge in [0, 0.05) is 24.7 Å². The summed E-state index contributed by atoms with van der Waals surface area (Å²) in [5.74, 6) is -0.774. The summed E-state index contributed by atoms with van der Waals surface area (Å²) in [5, 5.41) is 4.34.